The first-order valence-electron chi connectivity index (χ1n) is 10.9. The third-order valence-electron chi connectivity index (χ3n) is 6.01. The van der Waals surface area contributed by atoms with Crippen molar-refractivity contribution < 1.29 is 19.6 Å². The number of nitro benzene ring substituents is 1. The Labute approximate surface area is 195 Å². The molecule has 170 valence electrons. The second-order valence-corrected chi connectivity index (χ2v) is 9.31. The Bertz CT molecular complexity index is 1180. The maximum absolute atomic E-state index is 13.0. The average molecular weight is 465 g/mol. The molecular formula is C25H24N2O5S. The SMILES string of the molecule is O=C(CC1CCCC1)c1cc([N+](=O)[O-])ccc1CNc1cc(-c2ccccc2)sc1C(=O)O. The lowest BCUT2D eigenvalue weighted by molar-refractivity contribution is -0.384. The first kappa shape index (κ1) is 22.7. The Kier molecular flexibility index (Phi) is 6.84. The van der Waals surface area contributed by atoms with E-state index in [1.165, 1.54) is 23.5 Å². The van der Waals surface area contributed by atoms with Crippen LogP contribution in [0.3, 0.4) is 0 Å². The lowest BCUT2D eigenvalue weighted by Crippen LogP contribution is -2.12. The van der Waals surface area contributed by atoms with E-state index in [0.717, 1.165) is 36.1 Å². The molecule has 2 aromatic carbocycles. The number of non-ortho nitro benzene ring substituents is 1. The summed E-state index contributed by atoms with van der Waals surface area (Å²) in [5.41, 5.74) is 2.20. The van der Waals surface area contributed by atoms with Gasteiger partial charge in [0, 0.05) is 35.5 Å². The highest BCUT2D eigenvalue weighted by Crippen LogP contribution is 2.35. The first-order chi connectivity index (χ1) is 15.9. The summed E-state index contributed by atoms with van der Waals surface area (Å²) in [4.78, 5) is 36.6. The Morgan fingerprint density at radius 2 is 1.82 bits per heavy atom. The van der Waals surface area contributed by atoms with Crippen molar-refractivity contribution in [1.29, 1.82) is 0 Å². The van der Waals surface area contributed by atoms with Crippen LogP contribution in [-0.4, -0.2) is 21.8 Å². The fraction of sp³-hybridized carbons (Fsp3) is 0.280. The Balaban J connectivity index is 1.60. The van der Waals surface area contributed by atoms with Gasteiger partial charge in [0.25, 0.3) is 5.69 Å². The molecule has 1 aliphatic carbocycles. The van der Waals surface area contributed by atoms with Crippen LogP contribution < -0.4 is 5.32 Å². The van der Waals surface area contributed by atoms with E-state index in [1.807, 2.05) is 30.3 Å². The van der Waals surface area contributed by atoms with Gasteiger partial charge < -0.3 is 10.4 Å². The highest BCUT2D eigenvalue weighted by Gasteiger charge is 2.23. The number of nitrogens with one attached hydrogen (secondary N) is 1. The van der Waals surface area contributed by atoms with Crippen molar-refractivity contribution in [2.75, 3.05) is 5.32 Å². The van der Waals surface area contributed by atoms with E-state index in [0.29, 0.717) is 29.2 Å². The predicted molar refractivity (Wildman–Crippen MR) is 128 cm³/mol. The molecule has 0 spiro atoms. The Morgan fingerprint density at radius 3 is 2.48 bits per heavy atom. The van der Waals surface area contributed by atoms with Crippen molar-refractivity contribution in [3.63, 3.8) is 0 Å². The number of carbonyl (C=O) groups excluding carboxylic acids is 1. The van der Waals surface area contributed by atoms with Crippen molar-refractivity contribution in [1.82, 2.24) is 0 Å². The number of carboxylic acid groups (broad SMARTS) is 1. The van der Waals surface area contributed by atoms with Crippen LogP contribution in [0.1, 0.15) is 57.7 Å². The smallest absolute Gasteiger partial charge is 0.348 e. The summed E-state index contributed by atoms with van der Waals surface area (Å²) in [6.07, 6.45) is 4.62. The molecule has 0 amide bonds. The molecular weight excluding hydrogens is 440 g/mol. The summed E-state index contributed by atoms with van der Waals surface area (Å²) in [6, 6.07) is 15.6. The predicted octanol–water partition coefficient (Wildman–Crippen LogP) is 6.40. The maximum Gasteiger partial charge on any atom is 0.348 e. The van der Waals surface area contributed by atoms with Gasteiger partial charge in [-0.25, -0.2) is 4.79 Å². The van der Waals surface area contributed by atoms with Crippen LogP contribution in [0.4, 0.5) is 11.4 Å². The van der Waals surface area contributed by atoms with E-state index in [4.69, 9.17) is 0 Å². The van der Waals surface area contributed by atoms with Gasteiger partial charge in [-0.15, -0.1) is 11.3 Å². The van der Waals surface area contributed by atoms with Gasteiger partial charge in [-0.2, -0.15) is 0 Å². The van der Waals surface area contributed by atoms with Crippen molar-refractivity contribution in [2.24, 2.45) is 5.92 Å². The van der Waals surface area contributed by atoms with Gasteiger partial charge >= 0.3 is 5.97 Å². The van der Waals surface area contributed by atoms with Gasteiger partial charge in [-0.05, 0) is 29.2 Å². The van der Waals surface area contributed by atoms with Gasteiger partial charge in [0.05, 0.1) is 10.6 Å². The largest absolute Gasteiger partial charge is 0.477 e. The molecule has 0 saturated heterocycles. The molecule has 1 heterocycles. The standard InChI is InChI=1S/C25H24N2O5S/c28-22(12-16-6-4-5-7-16)20-13-19(27(31)32)11-10-18(20)15-26-21-14-23(33-24(21)25(29)30)17-8-2-1-3-9-17/h1-3,8-11,13-14,16,26H,4-7,12,15H2,(H,29,30). The molecule has 0 bridgehead atoms. The molecule has 2 N–H and O–H groups in total. The van der Waals surface area contributed by atoms with E-state index in [9.17, 15) is 24.8 Å². The molecule has 0 unspecified atom stereocenters. The summed E-state index contributed by atoms with van der Waals surface area (Å²) in [5, 5.41) is 24.1. The van der Waals surface area contributed by atoms with E-state index >= 15 is 0 Å². The van der Waals surface area contributed by atoms with Crippen LogP contribution in [0.25, 0.3) is 10.4 Å². The molecule has 3 aromatic rings. The van der Waals surface area contributed by atoms with Gasteiger partial charge in [0.2, 0.25) is 0 Å². The minimum absolute atomic E-state index is 0.101. The zero-order valence-electron chi connectivity index (χ0n) is 18.0. The normalized spacial score (nSPS) is 13.7. The molecule has 0 atom stereocenters. The maximum atomic E-state index is 13.0. The number of benzene rings is 2. The number of Topliss-reactive ketones (excluding diaryl/α,β-unsaturated/α-hetero) is 1. The molecule has 1 aliphatic rings. The number of carboxylic acids is 1. The third kappa shape index (κ3) is 5.28. The van der Waals surface area contributed by atoms with Gasteiger partial charge in [0.15, 0.2) is 5.78 Å². The van der Waals surface area contributed by atoms with E-state index in [2.05, 4.69) is 5.32 Å². The molecule has 7 nitrogen and oxygen atoms in total. The van der Waals surface area contributed by atoms with Crippen molar-refractivity contribution in [3.05, 3.63) is 80.7 Å². The van der Waals surface area contributed by atoms with Crippen molar-refractivity contribution in [2.45, 2.75) is 38.6 Å². The number of hydrogen-bond donors (Lipinski definition) is 2. The highest BCUT2D eigenvalue weighted by atomic mass is 32.1. The third-order valence-corrected chi connectivity index (χ3v) is 7.18. The number of nitrogens with zero attached hydrogens (tertiary/aromatic N) is 1. The number of anilines is 1. The van der Waals surface area contributed by atoms with Crippen LogP contribution in [0, 0.1) is 16.0 Å². The van der Waals surface area contributed by atoms with Crippen molar-refractivity contribution >= 4 is 34.5 Å². The number of hydrogen-bond acceptors (Lipinski definition) is 6. The fourth-order valence-electron chi connectivity index (χ4n) is 4.29. The molecule has 33 heavy (non-hydrogen) atoms. The molecule has 1 saturated carbocycles. The van der Waals surface area contributed by atoms with Crippen LogP contribution in [0.15, 0.2) is 54.6 Å². The number of carbonyl (C=O) groups is 2. The van der Waals surface area contributed by atoms with Crippen molar-refractivity contribution in [3.8, 4) is 10.4 Å². The van der Waals surface area contributed by atoms with E-state index < -0.39 is 10.9 Å². The second kappa shape index (κ2) is 9.95. The van der Waals surface area contributed by atoms with Crippen LogP contribution in [-0.2, 0) is 6.54 Å². The number of aromatic carboxylic acids is 1. The second-order valence-electron chi connectivity index (χ2n) is 8.25. The average Bonchev–Trinajstić information content (AvgIpc) is 3.48. The molecule has 0 radical (unpaired) electrons. The van der Waals surface area contributed by atoms with Crippen LogP contribution >= 0.6 is 11.3 Å². The van der Waals surface area contributed by atoms with Gasteiger partial charge in [-0.3, -0.25) is 14.9 Å². The first-order valence-corrected chi connectivity index (χ1v) is 11.7. The minimum atomic E-state index is -1.04. The van der Waals surface area contributed by atoms with Crippen LogP contribution in [0.5, 0.6) is 0 Å². The zero-order valence-corrected chi connectivity index (χ0v) is 18.8. The number of rotatable bonds is 9. The molecule has 1 aromatic heterocycles. The van der Waals surface area contributed by atoms with Crippen LogP contribution in [0.2, 0.25) is 0 Å². The fourth-order valence-corrected chi connectivity index (χ4v) is 5.27. The Hall–Kier alpha value is -3.52. The lowest BCUT2D eigenvalue weighted by atomic mass is 9.94. The quantitative estimate of drug-likeness (QED) is 0.215. The molecule has 8 heteroatoms. The lowest BCUT2D eigenvalue weighted by Gasteiger charge is -2.13. The Morgan fingerprint density at radius 1 is 1.09 bits per heavy atom. The number of nitro groups is 1. The van der Waals surface area contributed by atoms with Gasteiger partial charge in [0.1, 0.15) is 4.88 Å². The van der Waals surface area contributed by atoms with E-state index in [-0.39, 0.29) is 22.9 Å². The zero-order chi connectivity index (χ0) is 23.4. The molecule has 1 fully saturated rings. The minimum Gasteiger partial charge on any atom is -0.477 e. The monoisotopic (exact) mass is 464 g/mol. The summed E-state index contributed by atoms with van der Waals surface area (Å²) in [5.74, 6) is -0.816. The molecule has 4 rings (SSSR count). The van der Waals surface area contributed by atoms with E-state index in [1.54, 1.807) is 12.1 Å². The molecule has 0 aliphatic heterocycles. The highest BCUT2D eigenvalue weighted by molar-refractivity contribution is 7.18. The summed E-state index contributed by atoms with van der Waals surface area (Å²) in [6.45, 7) is 0.189. The summed E-state index contributed by atoms with van der Waals surface area (Å²) < 4.78 is 0. The topological polar surface area (TPSA) is 110 Å². The number of thiophene rings is 1. The number of ketones is 1. The summed E-state index contributed by atoms with van der Waals surface area (Å²) >= 11 is 1.18. The van der Waals surface area contributed by atoms with Gasteiger partial charge in [-0.1, -0.05) is 56.0 Å². The summed E-state index contributed by atoms with van der Waals surface area (Å²) in [7, 11) is 0.